The molecule has 29 heavy (non-hydrogen) atoms. The van der Waals surface area contributed by atoms with E-state index in [-0.39, 0.29) is 16.4 Å². The molecule has 1 N–H and O–H groups in total. The van der Waals surface area contributed by atoms with E-state index < -0.39 is 15.9 Å². The molecule has 0 unspecified atom stereocenters. The summed E-state index contributed by atoms with van der Waals surface area (Å²) in [5.74, 6) is -0.318. The highest BCUT2D eigenvalue weighted by Crippen LogP contribution is 2.17. The summed E-state index contributed by atoms with van der Waals surface area (Å²) < 4.78 is 28.3. The Morgan fingerprint density at radius 3 is 2.48 bits per heavy atom. The Kier molecular flexibility index (Phi) is 6.40. The Labute approximate surface area is 170 Å². The van der Waals surface area contributed by atoms with E-state index in [1.807, 2.05) is 30.3 Å². The molecule has 0 radical (unpaired) electrons. The van der Waals surface area contributed by atoms with E-state index in [2.05, 4.69) is 15.4 Å². The predicted molar refractivity (Wildman–Crippen MR) is 110 cm³/mol. The Balaban J connectivity index is 1.73. The van der Waals surface area contributed by atoms with Crippen LogP contribution in [0.25, 0.3) is 0 Å². The van der Waals surface area contributed by atoms with Gasteiger partial charge in [0.2, 0.25) is 16.0 Å². The van der Waals surface area contributed by atoms with E-state index in [1.54, 1.807) is 30.7 Å². The van der Waals surface area contributed by atoms with E-state index in [1.165, 1.54) is 22.8 Å². The fraction of sp³-hybridized carbons (Fsp3) is 0.250. The average molecular weight is 414 g/mol. The lowest BCUT2D eigenvalue weighted by molar-refractivity contribution is 0.102. The monoisotopic (exact) mass is 413 g/mol. The Morgan fingerprint density at radius 1 is 1.07 bits per heavy atom. The smallest absolute Gasteiger partial charge is 0.258 e. The van der Waals surface area contributed by atoms with Crippen molar-refractivity contribution in [2.75, 3.05) is 18.4 Å². The van der Waals surface area contributed by atoms with Crippen molar-refractivity contribution in [3.8, 4) is 0 Å². The summed E-state index contributed by atoms with van der Waals surface area (Å²) in [5.41, 5.74) is 1.28. The minimum Gasteiger partial charge on any atom is -0.289 e. The van der Waals surface area contributed by atoms with Gasteiger partial charge in [-0.05, 0) is 23.8 Å². The Morgan fingerprint density at radius 2 is 1.79 bits per heavy atom. The number of carbonyl (C=O) groups excluding carboxylic acids is 1. The van der Waals surface area contributed by atoms with E-state index in [4.69, 9.17) is 0 Å². The Hall–Kier alpha value is -3.04. The standard InChI is InChI=1S/C20H23N5O3S/c1-3-25(4-2)29(27,28)18-12-8-11-17(13-18)19(26)22-20-21-15-24(23-20)14-16-9-6-5-7-10-16/h5-13,15H,3-4,14H2,1-2H3,(H,22,23,26). The zero-order valence-electron chi connectivity index (χ0n) is 16.3. The van der Waals surface area contributed by atoms with Crippen molar-refractivity contribution in [1.82, 2.24) is 19.1 Å². The SMILES string of the molecule is CCN(CC)S(=O)(=O)c1cccc(C(=O)Nc2ncn(Cc3ccccc3)n2)c1. The van der Waals surface area contributed by atoms with Gasteiger partial charge in [-0.1, -0.05) is 50.2 Å². The number of hydrogen-bond donors (Lipinski definition) is 1. The third-order valence-electron chi connectivity index (χ3n) is 4.39. The van der Waals surface area contributed by atoms with Crippen molar-refractivity contribution < 1.29 is 13.2 Å². The number of sulfonamides is 1. The summed E-state index contributed by atoms with van der Waals surface area (Å²) in [4.78, 5) is 16.7. The van der Waals surface area contributed by atoms with Crippen molar-refractivity contribution >= 4 is 21.9 Å². The molecule has 1 heterocycles. The fourth-order valence-corrected chi connectivity index (χ4v) is 4.39. The van der Waals surface area contributed by atoms with Crippen molar-refractivity contribution in [1.29, 1.82) is 0 Å². The lowest BCUT2D eigenvalue weighted by Crippen LogP contribution is -2.30. The summed E-state index contributed by atoms with van der Waals surface area (Å²) >= 11 is 0. The van der Waals surface area contributed by atoms with Crippen LogP contribution in [0.4, 0.5) is 5.95 Å². The van der Waals surface area contributed by atoms with Crippen molar-refractivity contribution in [3.63, 3.8) is 0 Å². The minimum absolute atomic E-state index is 0.0800. The summed E-state index contributed by atoms with van der Waals surface area (Å²) in [7, 11) is -3.64. The van der Waals surface area contributed by atoms with Crippen LogP contribution in [0.15, 0.2) is 65.8 Å². The number of anilines is 1. The molecule has 0 saturated heterocycles. The predicted octanol–water partition coefficient (Wildman–Crippen LogP) is 2.61. The number of nitrogens with one attached hydrogen (secondary N) is 1. The van der Waals surface area contributed by atoms with Gasteiger partial charge in [0.15, 0.2) is 0 Å². The highest BCUT2D eigenvalue weighted by molar-refractivity contribution is 7.89. The molecule has 9 heteroatoms. The molecule has 0 aliphatic rings. The van der Waals surface area contributed by atoms with Crippen LogP contribution in [0, 0.1) is 0 Å². The molecule has 2 aromatic carbocycles. The maximum absolute atomic E-state index is 12.7. The number of aromatic nitrogens is 3. The second-order valence-corrected chi connectivity index (χ2v) is 8.26. The molecular formula is C20H23N5O3S. The molecule has 0 aliphatic heterocycles. The molecule has 0 aliphatic carbocycles. The van der Waals surface area contributed by atoms with Gasteiger partial charge in [-0.15, -0.1) is 5.10 Å². The van der Waals surface area contributed by atoms with Crippen LogP contribution in [0.1, 0.15) is 29.8 Å². The first kappa shape index (κ1) is 20.7. The van der Waals surface area contributed by atoms with Crippen molar-refractivity contribution in [3.05, 3.63) is 72.1 Å². The molecule has 0 atom stereocenters. The van der Waals surface area contributed by atoms with Gasteiger partial charge in [-0.2, -0.15) is 4.31 Å². The van der Waals surface area contributed by atoms with Crippen LogP contribution in [0.5, 0.6) is 0 Å². The van der Waals surface area contributed by atoms with Gasteiger partial charge < -0.3 is 0 Å². The van der Waals surface area contributed by atoms with Gasteiger partial charge in [-0.3, -0.25) is 10.1 Å². The average Bonchev–Trinajstić information content (AvgIpc) is 3.16. The van der Waals surface area contributed by atoms with Crippen LogP contribution >= 0.6 is 0 Å². The van der Waals surface area contributed by atoms with Crippen LogP contribution in [-0.4, -0.2) is 46.5 Å². The summed E-state index contributed by atoms with van der Waals surface area (Å²) in [6, 6.07) is 15.7. The van der Waals surface area contributed by atoms with Gasteiger partial charge in [0.25, 0.3) is 5.91 Å². The van der Waals surface area contributed by atoms with Crippen LogP contribution in [0.2, 0.25) is 0 Å². The molecular weight excluding hydrogens is 390 g/mol. The molecule has 3 rings (SSSR count). The summed E-state index contributed by atoms with van der Waals surface area (Å²) in [5, 5.41) is 6.85. The molecule has 0 bridgehead atoms. The van der Waals surface area contributed by atoms with Gasteiger partial charge >= 0.3 is 0 Å². The first-order valence-corrected chi connectivity index (χ1v) is 10.7. The first-order chi connectivity index (χ1) is 13.9. The number of rotatable bonds is 8. The van der Waals surface area contributed by atoms with Crippen molar-refractivity contribution in [2.24, 2.45) is 0 Å². The van der Waals surface area contributed by atoms with E-state index >= 15 is 0 Å². The minimum atomic E-state index is -3.64. The number of carbonyl (C=O) groups is 1. The number of nitrogens with zero attached hydrogens (tertiary/aromatic N) is 4. The number of benzene rings is 2. The first-order valence-electron chi connectivity index (χ1n) is 9.29. The molecule has 0 spiro atoms. The quantitative estimate of drug-likeness (QED) is 0.612. The largest absolute Gasteiger partial charge is 0.289 e. The van der Waals surface area contributed by atoms with Gasteiger partial charge in [0, 0.05) is 18.7 Å². The van der Waals surface area contributed by atoms with Crippen LogP contribution < -0.4 is 5.32 Å². The Bertz CT molecular complexity index is 1080. The highest BCUT2D eigenvalue weighted by atomic mass is 32.2. The molecule has 8 nitrogen and oxygen atoms in total. The number of hydrogen-bond acceptors (Lipinski definition) is 5. The summed E-state index contributed by atoms with van der Waals surface area (Å²) in [6.45, 7) is 4.79. The van der Waals surface area contributed by atoms with Gasteiger partial charge in [-0.25, -0.2) is 18.1 Å². The fourth-order valence-electron chi connectivity index (χ4n) is 2.88. The zero-order valence-corrected chi connectivity index (χ0v) is 17.1. The highest BCUT2D eigenvalue weighted by Gasteiger charge is 2.22. The molecule has 0 fully saturated rings. The zero-order chi connectivity index (χ0) is 20.9. The molecule has 152 valence electrons. The third kappa shape index (κ3) is 4.87. The maximum Gasteiger partial charge on any atom is 0.258 e. The van der Waals surface area contributed by atoms with Crippen LogP contribution in [-0.2, 0) is 16.6 Å². The van der Waals surface area contributed by atoms with E-state index in [0.29, 0.717) is 19.6 Å². The summed E-state index contributed by atoms with van der Waals surface area (Å²) in [6.07, 6.45) is 1.53. The lowest BCUT2D eigenvalue weighted by Gasteiger charge is -2.18. The van der Waals surface area contributed by atoms with E-state index in [9.17, 15) is 13.2 Å². The normalized spacial score (nSPS) is 11.6. The van der Waals surface area contributed by atoms with Crippen LogP contribution in [0.3, 0.4) is 0 Å². The topological polar surface area (TPSA) is 97.2 Å². The third-order valence-corrected chi connectivity index (χ3v) is 6.43. The lowest BCUT2D eigenvalue weighted by atomic mass is 10.2. The molecule has 1 amide bonds. The molecule has 3 aromatic rings. The van der Waals surface area contributed by atoms with E-state index in [0.717, 1.165) is 5.56 Å². The second-order valence-electron chi connectivity index (χ2n) is 6.32. The second kappa shape index (κ2) is 8.97. The van der Waals surface area contributed by atoms with Gasteiger partial charge in [0.05, 0.1) is 11.4 Å². The maximum atomic E-state index is 12.7. The number of amides is 1. The van der Waals surface area contributed by atoms with Gasteiger partial charge in [0.1, 0.15) is 6.33 Å². The molecule has 1 aromatic heterocycles. The molecule has 0 saturated carbocycles. The van der Waals surface area contributed by atoms with Crippen molar-refractivity contribution in [2.45, 2.75) is 25.3 Å².